The molecule has 1 saturated carbocycles. The topological polar surface area (TPSA) is 124 Å². The number of rotatable bonds is 7. The van der Waals surface area contributed by atoms with Gasteiger partial charge in [-0.15, -0.1) is 0 Å². The molecule has 32 heavy (non-hydrogen) atoms. The average Bonchev–Trinajstić information content (AvgIpc) is 3.16. The second-order valence-corrected chi connectivity index (χ2v) is 13.6. The van der Waals surface area contributed by atoms with Crippen molar-refractivity contribution in [2.75, 3.05) is 5.32 Å². The van der Waals surface area contributed by atoms with Crippen molar-refractivity contribution in [2.24, 2.45) is 5.14 Å². The van der Waals surface area contributed by atoms with Crippen LogP contribution in [-0.2, 0) is 18.2 Å². The van der Waals surface area contributed by atoms with E-state index in [1.54, 1.807) is 12.3 Å². The number of aliphatic hydroxyl groups excluding tert-OH is 1. The molecule has 4 rings (SSSR count). The first-order valence-electron chi connectivity index (χ1n) is 10.2. The van der Waals surface area contributed by atoms with E-state index in [0.717, 1.165) is 11.4 Å². The predicted molar refractivity (Wildman–Crippen MR) is 117 cm³/mol. The minimum atomic E-state index is -3.99. The van der Waals surface area contributed by atoms with E-state index in [2.05, 4.69) is 30.2 Å². The molecule has 0 amide bonds. The number of nitrogens with zero attached hydrogens (tertiary/aromatic N) is 1. The molecule has 2 aliphatic carbocycles. The van der Waals surface area contributed by atoms with Gasteiger partial charge in [0.15, 0.2) is 0 Å². The van der Waals surface area contributed by atoms with Crippen LogP contribution in [0.15, 0.2) is 36.5 Å². The van der Waals surface area contributed by atoms with Crippen LogP contribution >= 0.6 is 11.6 Å². The molecule has 0 aliphatic heterocycles. The Bertz CT molecular complexity index is 1100. The van der Waals surface area contributed by atoms with E-state index in [9.17, 15) is 13.5 Å². The van der Waals surface area contributed by atoms with Crippen LogP contribution in [0.25, 0.3) is 0 Å². The number of anilines is 1. The van der Waals surface area contributed by atoms with Gasteiger partial charge in [0.1, 0.15) is 0 Å². The fraction of sp³-hybridized carbons (Fsp3) is 0.476. The summed E-state index contributed by atoms with van der Waals surface area (Å²) in [4.78, 5) is 4.44. The first kappa shape index (κ1) is 24.0. The van der Waals surface area contributed by atoms with Crippen molar-refractivity contribution in [3.8, 4) is 5.75 Å². The molecular formula is C21H26ClIN3O5S-. The van der Waals surface area contributed by atoms with Gasteiger partial charge in [0.25, 0.3) is 0 Å². The van der Waals surface area contributed by atoms with Crippen LogP contribution in [0.5, 0.6) is 5.75 Å². The van der Waals surface area contributed by atoms with Gasteiger partial charge in [-0.1, -0.05) is 11.6 Å². The zero-order valence-electron chi connectivity index (χ0n) is 17.7. The summed E-state index contributed by atoms with van der Waals surface area (Å²) in [6, 6.07) is 9.74. The van der Waals surface area contributed by atoms with Crippen LogP contribution in [0.3, 0.4) is 0 Å². The molecule has 1 aromatic carbocycles. The molecule has 176 valence electrons. The van der Waals surface area contributed by atoms with Gasteiger partial charge in [-0.3, -0.25) is 0 Å². The van der Waals surface area contributed by atoms with Crippen LogP contribution in [0.1, 0.15) is 50.3 Å². The summed E-state index contributed by atoms with van der Waals surface area (Å²) in [5, 5.41) is 19.4. The van der Waals surface area contributed by atoms with E-state index < -0.39 is 38.0 Å². The van der Waals surface area contributed by atoms with Crippen LogP contribution < -0.4 is 36.8 Å². The van der Waals surface area contributed by atoms with Gasteiger partial charge >= 0.3 is 188 Å². The van der Waals surface area contributed by atoms with E-state index in [1.807, 2.05) is 18.2 Å². The molecule has 2 aliphatic rings. The van der Waals surface area contributed by atoms with Crippen LogP contribution in [0.2, 0.25) is 5.02 Å². The number of alkyl halides is 1. The number of nitrogens with one attached hydrogen (secondary N) is 1. The molecule has 2 aromatic rings. The second-order valence-electron chi connectivity index (χ2n) is 8.83. The van der Waals surface area contributed by atoms with Gasteiger partial charge < -0.3 is 0 Å². The fourth-order valence-electron chi connectivity index (χ4n) is 4.42. The van der Waals surface area contributed by atoms with Crippen molar-refractivity contribution in [3.05, 3.63) is 52.7 Å². The molecule has 0 saturated heterocycles. The molecule has 1 heterocycles. The fourth-order valence-corrected chi connectivity index (χ4v) is 7.86. The molecule has 8 nitrogen and oxygen atoms in total. The summed E-state index contributed by atoms with van der Waals surface area (Å²) in [7, 11) is -3.99. The van der Waals surface area contributed by atoms with Gasteiger partial charge in [-0.25, -0.2) is 0 Å². The first-order valence-corrected chi connectivity index (χ1v) is 14.2. The summed E-state index contributed by atoms with van der Waals surface area (Å²) in [6.07, 6.45) is 2.62. The van der Waals surface area contributed by atoms with Crippen molar-refractivity contribution in [1.82, 2.24) is 4.98 Å². The van der Waals surface area contributed by atoms with E-state index in [0.29, 0.717) is 24.4 Å². The van der Waals surface area contributed by atoms with Crippen LogP contribution in [-0.4, -0.2) is 34.6 Å². The number of aliphatic hydroxyl groups is 1. The summed E-state index contributed by atoms with van der Waals surface area (Å²) < 4.78 is 32.6. The molecule has 0 spiro atoms. The van der Waals surface area contributed by atoms with Crippen LogP contribution in [0, 0.1) is 0 Å². The Morgan fingerprint density at radius 2 is 2.06 bits per heavy atom. The van der Waals surface area contributed by atoms with Gasteiger partial charge in [-0.05, 0) is 0 Å². The third kappa shape index (κ3) is 5.65. The van der Waals surface area contributed by atoms with Crippen LogP contribution in [0.4, 0.5) is 5.82 Å². The van der Waals surface area contributed by atoms with Gasteiger partial charge in [0.2, 0.25) is 0 Å². The monoisotopic (exact) mass is 594 g/mol. The molecule has 0 radical (unpaired) electrons. The Balaban J connectivity index is 1.41. The standard InChI is InChI=1S/C21H26ClIN3O5S/c1-21(2)11-18(15-4-3-12(22)7-16(15)21)26-20-10-13(5-6-25-20)30-14-8-17(19(27)9-14)23-31-32(24,28)29/h3-7,10,14,17-19,27H,8-9,11H2,1-2H3,(H,25,26)(H2,24,28,29)/q-1/t14-,17-,18+,19+/m1/s1. The zero-order chi connectivity index (χ0) is 23.1. The summed E-state index contributed by atoms with van der Waals surface area (Å²) >= 11 is 4.97. The predicted octanol–water partition coefficient (Wildman–Crippen LogP) is 0.0643. The molecule has 11 heteroatoms. The third-order valence-electron chi connectivity index (χ3n) is 5.84. The Hall–Kier alpha value is -1.18. The van der Waals surface area contributed by atoms with Crippen molar-refractivity contribution in [2.45, 2.75) is 60.7 Å². The van der Waals surface area contributed by atoms with E-state index in [-0.39, 0.29) is 21.5 Å². The van der Waals surface area contributed by atoms with Crippen molar-refractivity contribution in [3.63, 3.8) is 0 Å². The van der Waals surface area contributed by atoms with Crippen molar-refractivity contribution >= 4 is 27.7 Å². The number of fused-ring (bicyclic) bond motifs is 1. The number of halogens is 2. The molecule has 4 N–H and O–H groups in total. The number of benzene rings is 1. The molecule has 4 atom stereocenters. The Kier molecular flexibility index (Phi) is 6.91. The Morgan fingerprint density at radius 1 is 1.28 bits per heavy atom. The summed E-state index contributed by atoms with van der Waals surface area (Å²) in [5.74, 6) is 1.34. The Labute approximate surface area is 203 Å². The maximum absolute atomic E-state index is 11.0. The van der Waals surface area contributed by atoms with Gasteiger partial charge in [-0.2, -0.15) is 0 Å². The second kappa shape index (κ2) is 9.22. The number of nitrogens with two attached hydrogens (primary N) is 1. The van der Waals surface area contributed by atoms with Gasteiger partial charge in [0, 0.05) is 5.02 Å². The number of hydrogen-bond acceptors (Lipinski definition) is 7. The molecule has 1 fully saturated rings. The molecule has 0 unspecified atom stereocenters. The molecule has 0 bridgehead atoms. The van der Waals surface area contributed by atoms with E-state index in [1.165, 1.54) is 11.1 Å². The number of pyridine rings is 1. The van der Waals surface area contributed by atoms with Crippen molar-refractivity contribution < 1.29 is 42.4 Å². The quantitative estimate of drug-likeness (QED) is 0.306. The van der Waals surface area contributed by atoms with Gasteiger partial charge in [0.05, 0.1) is 0 Å². The number of ether oxygens (including phenoxy) is 1. The minimum absolute atomic E-state index is 0.00314. The maximum atomic E-state index is 11.0. The first-order chi connectivity index (χ1) is 15.0. The SMILES string of the molecule is CC1(C)C[C@H](Nc2cc(O[C@H]3C[C@H](O)[C@H]([I-]OS(N)(=O)=O)C3)ccn2)c2ccc(Cl)cc21. The molecular weight excluding hydrogens is 569 g/mol. The normalized spacial score (nSPS) is 26.8. The van der Waals surface area contributed by atoms with Crippen molar-refractivity contribution in [1.29, 1.82) is 0 Å². The summed E-state index contributed by atoms with van der Waals surface area (Å²) in [5.41, 5.74) is 2.46. The Morgan fingerprint density at radius 3 is 2.81 bits per heavy atom. The average molecular weight is 595 g/mol. The van der Waals surface area contributed by atoms with E-state index >= 15 is 0 Å². The number of hydrogen-bond donors (Lipinski definition) is 3. The number of aromatic nitrogens is 1. The zero-order valence-corrected chi connectivity index (χ0v) is 21.4. The van der Waals surface area contributed by atoms with E-state index in [4.69, 9.17) is 24.0 Å². The third-order valence-corrected chi connectivity index (χ3v) is 10.4. The molecule has 1 aromatic heterocycles. The summed E-state index contributed by atoms with van der Waals surface area (Å²) in [6.45, 7) is 4.42.